The predicted octanol–water partition coefficient (Wildman–Crippen LogP) is 8.60. The summed E-state index contributed by atoms with van der Waals surface area (Å²) >= 11 is 1.57. The van der Waals surface area contributed by atoms with Gasteiger partial charge in [0.15, 0.2) is 0 Å². The highest BCUT2D eigenvalue weighted by molar-refractivity contribution is 8.00. The Kier molecular flexibility index (Phi) is 18.2. The van der Waals surface area contributed by atoms with Crippen LogP contribution in [0.25, 0.3) is 0 Å². The molecule has 1 heterocycles. The number of rotatable bonds is 12. The summed E-state index contributed by atoms with van der Waals surface area (Å²) in [6.07, 6.45) is 5.10. The maximum atomic E-state index is 12.3. The molecule has 39 heavy (non-hydrogen) atoms. The van der Waals surface area contributed by atoms with Gasteiger partial charge in [-0.3, -0.25) is 19.3 Å². The number of nitrogens with zero attached hydrogens (tertiary/aromatic N) is 1. The fourth-order valence-electron chi connectivity index (χ4n) is 4.43. The largest absolute Gasteiger partial charge is 0.356 e. The molecular formula is C33H66N2O3S. The third-order valence-corrected chi connectivity index (χ3v) is 8.01. The lowest BCUT2D eigenvalue weighted by Gasteiger charge is -2.39. The number of likely N-dealkylation sites (tertiary alicyclic amines) is 1. The Hall–Kier alpha value is -1.04. The molecule has 232 valence electrons. The van der Waals surface area contributed by atoms with Crippen molar-refractivity contribution in [2.24, 2.45) is 34.0 Å². The van der Waals surface area contributed by atoms with Gasteiger partial charge in [0, 0.05) is 25.9 Å². The second-order valence-electron chi connectivity index (χ2n) is 15.5. The van der Waals surface area contributed by atoms with Crippen LogP contribution >= 0.6 is 11.8 Å². The number of carbonyl (C=O) groups is 3. The average molecular weight is 571 g/mol. The molecule has 0 aromatic carbocycles. The lowest BCUT2D eigenvalue weighted by atomic mass is 9.66. The van der Waals surface area contributed by atoms with E-state index in [4.69, 9.17) is 0 Å². The van der Waals surface area contributed by atoms with Crippen LogP contribution in [-0.2, 0) is 14.4 Å². The van der Waals surface area contributed by atoms with Gasteiger partial charge in [-0.15, -0.1) is 11.8 Å². The summed E-state index contributed by atoms with van der Waals surface area (Å²) in [5, 5.41) is 2.57. The maximum absolute atomic E-state index is 12.3. The number of imide groups is 1. The number of thioether (sulfide) groups is 1. The van der Waals surface area contributed by atoms with Crippen LogP contribution in [0.15, 0.2) is 0 Å². The minimum atomic E-state index is -0.259. The van der Waals surface area contributed by atoms with E-state index < -0.39 is 0 Å². The summed E-state index contributed by atoms with van der Waals surface area (Å²) in [6.45, 7) is 30.6. The Balaban J connectivity index is 0. The second-order valence-corrected chi connectivity index (χ2v) is 16.8. The number of carbonyl (C=O) groups excluding carboxylic acids is 3. The van der Waals surface area contributed by atoms with Crippen LogP contribution in [0.1, 0.15) is 136 Å². The summed E-state index contributed by atoms with van der Waals surface area (Å²) < 4.78 is 0. The normalized spacial score (nSPS) is 16.5. The summed E-state index contributed by atoms with van der Waals surface area (Å²) in [4.78, 5) is 37.2. The Morgan fingerprint density at radius 2 is 1.38 bits per heavy atom. The van der Waals surface area contributed by atoms with Crippen molar-refractivity contribution in [1.82, 2.24) is 10.2 Å². The highest BCUT2D eigenvalue weighted by Crippen LogP contribution is 2.42. The highest BCUT2D eigenvalue weighted by atomic mass is 32.2. The van der Waals surface area contributed by atoms with Crippen molar-refractivity contribution in [3.8, 4) is 0 Å². The molecule has 0 aliphatic carbocycles. The molecule has 0 spiro atoms. The Morgan fingerprint density at radius 1 is 0.897 bits per heavy atom. The molecule has 1 N–H and O–H groups in total. The molecule has 1 unspecified atom stereocenters. The first kappa shape index (κ1) is 40.1. The first-order chi connectivity index (χ1) is 17.1. The smallest absolute Gasteiger partial charge is 0.242 e. The number of hydrogen-bond donors (Lipinski definition) is 1. The molecule has 0 aromatic rings. The van der Waals surface area contributed by atoms with Crippen LogP contribution in [0.2, 0.25) is 0 Å². The van der Waals surface area contributed by atoms with Gasteiger partial charge in [-0.1, -0.05) is 97.4 Å². The van der Waals surface area contributed by atoms with Gasteiger partial charge in [0.25, 0.3) is 0 Å². The number of nitrogens with one attached hydrogen (secondary N) is 1. The number of amides is 3. The van der Waals surface area contributed by atoms with Gasteiger partial charge >= 0.3 is 0 Å². The fourth-order valence-corrected chi connectivity index (χ4v) is 5.85. The first-order valence-electron chi connectivity index (χ1n) is 14.8. The zero-order chi connectivity index (χ0) is 29.9. The average Bonchev–Trinajstić information content (AvgIpc) is 2.96. The van der Waals surface area contributed by atoms with Gasteiger partial charge in [-0.25, -0.2) is 0 Å². The van der Waals surface area contributed by atoms with E-state index in [-0.39, 0.29) is 49.8 Å². The molecule has 1 aliphatic heterocycles. The standard InChI is InChI=1S/C17H30N2O3S.C15H32.CH4/c1-12(2)5-8-18-15(20)6-9-19-16(21)11-14(17(19)22)23-10-7-13(3)4;1-13(2,3)10-12(15(7,8)9)11-14(4,5)6;/h12-14H,5-11H2,1-4H3,(H,18,20);12H,10-11H2,1-9H3;1H4. The lowest BCUT2D eigenvalue weighted by Crippen LogP contribution is -2.36. The molecule has 6 heteroatoms. The summed E-state index contributed by atoms with van der Waals surface area (Å²) in [5.41, 5.74) is 1.33. The van der Waals surface area contributed by atoms with Gasteiger partial charge in [0.2, 0.25) is 17.7 Å². The van der Waals surface area contributed by atoms with E-state index in [0.29, 0.717) is 34.6 Å². The third kappa shape index (κ3) is 19.6. The van der Waals surface area contributed by atoms with E-state index in [1.54, 1.807) is 11.8 Å². The summed E-state index contributed by atoms with van der Waals surface area (Å²) in [6, 6.07) is 0. The molecule has 5 nitrogen and oxygen atoms in total. The minimum absolute atomic E-state index is 0. The molecule has 1 saturated heterocycles. The molecule has 1 fully saturated rings. The fraction of sp³-hybridized carbons (Fsp3) is 0.909. The van der Waals surface area contributed by atoms with Gasteiger partial charge < -0.3 is 5.32 Å². The summed E-state index contributed by atoms with van der Waals surface area (Å²) in [5.74, 6) is 2.48. The molecule has 3 amide bonds. The van der Waals surface area contributed by atoms with Gasteiger partial charge in [-0.2, -0.15) is 0 Å². The first-order valence-corrected chi connectivity index (χ1v) is 15.9. The monoisotopic (exact) mass is 570 g/mol. The molecule has 0 radical (unpaired) electrons. The quantitative estimate of drug-likeness (QED) is 0.239. The summed E-state index contributed by atoms with van der Waals surface area (Å²) in [7, 11) is 0. The zero-order valence-electron chi connectivity index (χ0n) is 27.3. The van der Waals surface area contributed by atoms with Crippen LogP contribution in [0.4, 0.5) is 0 Å². The van der Waals surface area contributed by atoms with Crippen LogP contribution in [0.5, 0.6) is 0 Å². The van der Waals surface area contributed by atoms with E-state index in [1.807, 2.05) is 0 Å². The Morgan fingerprint density at radius 3 is 1.79 bits per heavy atom. The van der Waals surface area contributed by atoms with Crippen molar-refractivity contribution in [2.75, 3.05) is 18.8 Å². The molecular weight excluding hydrogens is 504 g/mol. The SMILES string of the molecule is C.CC(C)(C)CC(CC(C)(C)C)C(C)(C)C.CC(C)CCNC(=O)CCN1C(=O)CC(SCCC(C)C)C1=O. The number of hydrogen-bond acceptors (Lipinski definition) is 4. The lowest BCUT2D eigenvalue weighted by molar-refractivity contribution is -0.138. The van der Waals surface area contributed by atoms with Crippen molar-refractivity contribution >= 4 is 29.5 Å². The van der Waals surface area contributed by atoms with Crippen LogP contribution < -0.4 is 5.32 Å². The van der Waals surface area contributed by atoms with Crippen molar-refractivity contribution in [3.63, 3.8) is 0 Å². The molecule has 0 aromatic heterocycles. The van der Waals surface area contributed by atoms with Gasteiger partial charge in [-0.05, 0) is 65.4 Å². The maximum Gasteiger partial charge on any atom is 0.242 e. The van der Waals surface area contributed by atoms with E-state index in [2.05, 4.69) is 95.3 Å². The van der Waals surface area contributed by atoms with Crippen molar-refractivity contribution < 1.29 is 14.4 Å². The van der Waals surface area contributed by atoms with Crippen LogP contribution in [0, 0.1) is 34.0 Å². The van der Waals surface area contributed by atoms with Crippen molar-refractivity contribution in [3.05, 3.63) is 0 Å². The van der Waals surface area contributed by atoms with E-state index in [9.17, 15) is 14.4 Å². The minimum Gasteiger partial charge on any atom is -0.356 e. The molecule has 1 aliphatic rings. The molecule has 1 rings (SSSR count). The van der Waals surface area contributed by atoms with E-state index in [0.717, 1.165) is 24.5 Å². The predicted molar refractivity (Wildman–Crippen MR) is 172 cm³/mol. The topological polar surface area (TPSA) is 66.5 Å². The van der Waals surface area contributed by atoms with Gasteiger partial charge in [0.05, 0.1) is 5.25 Å². The van der Waals surface area contributed by atoms with Crippen molar-refractivity contribution in [2.45, 2.75) is 141 Å². The third-order valence-electron chi connectivity index (χ3n) is 6.77. The molecule has 0 bridgehead atoms. The van der Waals surface area contributed by atoms with Gasteiger partial charge in [0.1, 0.15) is 0 Å². The van der Waals surface area contributed by atoms with Crippen LogP contribution in [-0.4, -0.2) is 46.7 Å². The van der Waals surface area contributed by atoms with E-state index in [1.165, 1.54) is 17.7 Å². The zero-order valence-corrected chi connectivity index (χ0v) is 28.1. The van der Waals surface area contributed by atoms with E-state index >= 15 is 0 Å². The second kappa shape index (κ2) is 17.7. The molecule has 1 atom stereocenters. The molecule has 0 saturated carbocycles. The van der Waals surface area contributed by atoms with Crippen LogP contribution in [0.3, 0.4) is 0 Å². The van der Waals surface area contributed by atoms with Crippen molar-refractivity contribution in [1.29, 1.82) is 0 Å². The Labute approximate surface area is 247 Å². The highest BCUT2D eigenvalue weighted by Gasteiger charge is 2.38. The Bertz CT molecular complexity index is 711.